The van der Waals surface area contributed by atoms with Gasteiger partial charge in [0.05, 0.1) is 4.90 Å². The number of benzene rings is 1. The lowest BCUT2D eigenvalue weighted by Gasteiger charge is -2.23. The van der Waals surface area contributed by atoms with Crippen LogP contribution in [0.1, 0.15) is 23.2 Å². The minimum Gasteiger partial charge on any atom is -0.348 e. The molecule has 1 aliphatic heterocycles. The molecular weight excluding hydrogens is 302 g/mol. The molecule has 1 atom stereocenters. The molecule has 1 aromatic rings. The van der Waals surface area contributed by atoms with Gasteiger partial charge < -0.3 is 10.6 Å². The summed E-state index contributed by atoms with van der Waals surface area (Å²) in [5.74, 6) is -0.199. The van der Waals surface area contributed by atoms with Gasteiger partial charge in [0.15, 0.2) is 0 Å². The topological polar surface area (TPSA) is 101 Å². The van der Waals surface area contributed by atoms with Crippen LogP contribution in [0.3, 0.4) is 0 Å². The van der Waals surface area contributed by atoms with E-state index in [1.807, 2.05) is 0 Å². The fraction of sp³-hybridized carbons (Fsp3) is 0.417. The van der Waals surface area contributed by atoms with Crippen LogP contribution in [0.4, 0.5) is 0 Å². The first kappa shape index (κ1) is 16.9. The number of piperidine rings is 1. The van der Waals surface area contributed by atoms with E-state index in [-0.39, 0.29) is 29.3 Å². The number of rotatable bonds is 3. The van der Waals surface area contributed by atoms with Crippen molar-refractivity contribution in [1.82, 2.24) is 10.6 Å². The van der Waals surface area contributed by atoms with Crippen molar-refractivity contribution in [3.63, 3.8) is 0 Å². The SMILES string of the molecule is Cl.NS(=O)(=O)c1ccc(C(=O)NC2CCCNC2)cc1. The first-order valence-electron chi connectivity index (χ1n) is 6.11. The number of nitrogens with one attached hydrogen (secondary N) is 2. The quantitative estimate of drug-likeness (QED) is 0.742. The van der Waals surface area contributed by atoms with Crippen molar-refractivity contribution >= 4 is 28.3 Å². The molecule has 0 bridgehead atoms. The number of sulfonamides is 1. The lowest BCUT2D eigenvalue weighted by molar-refractivity contribution is 0.0930. The molecule has 1 heterocycles. The number of amides is 1. The van der Waals surface area contributed by atoms with E-state index in [0.29, 0.717) is 5.56 Å². The Morgan fingerprint density at radius 2 is 1.95 bits per heavy atom. The number of primary sulfonamides is 1. The number of halogens is 1. The summed E-state index contributed by atoms with van der Waals surface area (Å²) in [6.07, 6.45) is 1.99. The molecule has 0 spiro atoms. The van der Waals surface area contributed by atoms with Crippen molar-refractivity contribution in [2.45, 2.75) is 23.8 Å². The highest BCUT2D eigenvalue weighted by molar-refractivity contribution is 7.89. The van der Waals surface area contributed by atoms with Crippen LogP contribution in [-0.2, 0) is 10.0 Å². The zero-order valence-corrected chi connectivity index (χ0v) is 12.5. The average Bonchev–Trinajstić information content (AvgIpc) is 2.39. The van der Waals surface area contributed by atoms with E-state index >= 15 is 0 Å². The maximum absolute atomic E-state index is 12.0. The number of carbonyl (C=O) groups excluding carboxylic acids is 1. The van der Waals surface area contributed by atoms with Crippen molar-refractivity contribution in [1.29, 1.82) is 0 Å². The highest BCUT2D eigenvalue weighted by Gasteiger charge is 2.16. The Hall–Kier alpha value is -1.15. The largest absolute Gasteiger partial charge is 0.348 e. The van der Waals surface area contributed by atoms with Gasteiger partial charge in [-0.25, -0.2) is 13.6 Å². The standard InChI is InChI=1S/C12H17N3O3S.ClH/c13-19(17,18)11-5-3-9(4-6-11)12(16)15-10-2-1-7-14-8-10;/h3-6,10,14H,1-2,7-8H2,(H,15,16)(H2,13,17,18);1H. The van der Waals surface area contributed by atoms with Gasteiger partial charge in [-0.2, -0.15) is 0 Å². The molecule has 1 saturated heterocycles. The number of carbonyl (C=O) groups is 1. The van der Waals surface area contributed by atoms with Gasteiger partial charge in [0.25, 0.3) is 5.91 Å². The third-order valence-corrected chi connectivity index (χ3v) is 4.01. The Morgan fingerprint density at radius 1 is 1.30 bits per heavy atom. The first-order valence-corrected chi connectivity index (χ1v) is 7.66. The molecule has 20 heavy (non-hydrogen) atoms. The van der Waals surface area contributed by atoms with Gasteiger partial charge >= 0.3 is 0 Å². The summed E-state index contributed by atoms with van der Waals surface area (Å²) in [6, 6.07) is 5.72. The predicted octanol–water partition coefficient (Wildman–Crippen LogP) is 0.238. The molecule has 112 valence electrons. The lowest BCUT2D eigenvalue weighted by atomic mass is 10.1. The van der Waals surface area contributed by atoms with Crippen molar-refractivity contribution in [2.24, 2.45) is 5.14 Å². The molecule has 1 aromatic carbocycles. The second-order valence-electron chi connectivity index (χ2n) is 4.59. The maximum atomic E-state index is 12.0. The van der Waals surface area contributed by atoms with Gasteiger partial charge in [-0.3, -0.25) is 4.79 Å². The second-order valence-corrected chi connectivity index (χ2v) is 6.15. The van der Waals surface area contributed by atoms with Crippen LogP contribution in [0.5, 0.6) is 0 Å². The van der Waals surface area contributed by atoms with E-state index in [1.165, 1.54) is 24.3 Å². The van der Waals surface area contributed by atoms with Crippen LogP contribution in [0.2, 0.25) is 0 Å². The first-order chi connectivity index (χ1) is 8.97. The molecule has 6 nitrogen and oxygen atoms in total. The number of hydrogen-bond donors (Lipinski definition) is 3. The zero-order chi connectivity index (χ0) is 13.9. The maximum Gasteiger partial charge on any atom is 0.251 e. The Balaban J connectivity index is 0.00000200. The molecule has 1 unspecified atom stereocenters. The van der Waals surface area contributed by atoms with Gasteiger partial charge in [-0.1, -0.05) is 0 Å². The van der Waals surface area contributed by atoms with Crippen LogP contribution in [0.15, 0.2) is 29.2 Å². The molecular formula is C12H18ClN3O3S. The Morgan fingerprint density at radius 3 is 2.45 bits per heavy atom. The molecule has 1 fully saturated rings. The monoisotopic (exact) mass is 319 g/mol. The van der Waals surface area contributed by atoms with E-state index < -0.39 is 10.0 Å². The van der Waals surface area contributed by atoms with Crippen molar-refractivity contribution in [3.8, 4) is 0 Å². The zero-order valence-electron chi connectivity index (χ0n) is 10.8. The van der Waals surface area contributed by atoms with E-state index in [2.05, 4.69) is 10.6 Å². The summed E-state index contributed by atoms with van der Waals surface area (Å²) in [7, 11) is -3.71. The third kappa shape index (κ3) is 4.45. The summed E-state index contributed by atoms with van der Waals surface area (Å²) in [6.45, 7) is 1.75. The normalized spacial score (nSPS) is 18.9. The molecule has 0 aromatic heterocycles. The van der Waals surface area contributed by atoms with E-state index in [9.17, 15) is 13.2 Å². The van der Waals surface area contributed by atoms with Gasteiger partial charge in [-0.05, 0) is 43.7 Å². The molecule has 4 N–H and O–H groups in total. The highest BCUT2D eigenvalue weighted by atomic mass is 35.5. The minimum absolute atomic E-state index is 0. The number of hydrogen-bond acceptors (Lipinski definition) is 4. The molecule has 0 aliphatic carbocycles. The fourth-order valence-electron chi connectivity index (χ4n) is 2.04. The summed E-state index contributed by atoms with van der Waals surface area (Å²) >= 11 is 0. The van der Waals surface area contributed by atoms with Gasteiger partial charge in [0, 0.05) is 18.2 Å². The third-order valence-electron chi connectivity index (χ3n) is 3.08. The summed E-state index contributed by atoms with van der Waals surface area (Å²) in [5.41, 5.74) is 0.429. The predicted molar refractivity (Wildman–Crippen MR) is 78.4 cm³/mol. The Bertz CT molecular complexity index is 554. The van der Waals surface area contributed by atoms with Crippen LogP contribution in [0, 0.1) is 0 Å². The molecule has 1 amide bonds. The van der Waals surface area contributed by atoms with E-state index in [1.54, 1.807) is 0 Å². The van der Waals surface area contributed by atoms with Gasteiger partial charge in [0.2, 0.25) is 10.0 Å². The molecule has 0 saturated carbocycles. The molecule has 2 rings (SSSR count). The summed E-state index contributed by atoms with van der Waals surface area (Å²) in [4.78, 5) is 12.0. The van der Waals surface area contributed by atoms with Crippen molar-refractivity contribution in [3.05, 3.63) is 29.8 Å². The van der Waals surface area contributed by atoms with E-state index in [0.717, 1.165) is 25.9 Å². The highest BCUT2D eigenvalue weighted by Crippen LogP contribution is 2.09. The molecule has 8 heteroatoms. The molecule has 0 radical (unpaired) electrons. The van der Waals surface area contributed by atoms with Crippen molar-refractivity contribution < 1.29 is 13.2 Å². The minimum atomic E-state index is -3.71. The second kappa shape index (κ2) is 7.03. The summed E-state index contributed by atoms with van der Waals surface area (Å²) in [5, 5.41) is 11.1. The fourth-order valence-corrected chi connectivity index (χ4v) is 2.56. The Kier molecular flexibility index (Phi) is 5.94. The van der Waals surface area contributed by atoms with Crippen LogP contribution in [0.25, 0.3) is 0 Å². The van der Waals surface area contributed by atoms with Gasteiger partial charge in [-0.15, -0.1) is 12.4 Å². The van der Waals surface area contributed by atoms with Crippen LogP contribution >= 0.6 is 12.4 Å². The van der Waals surface area contributed by atoms with Crippen molar-refractivity contribution in [2.75, 3.05) is 13.1 Å². The lowest BCUT2D eigenvalue weighted by Crippen LogP contribution is -2.45. The average molecular weight is 320 g/mol. The van der Waals surface area contributed by atoms with E-state index in [4.69, 9.17) is 5.14 Å². The van der Waals surface area contributed by atoms with Gasteiger partial charge in [0.1, 0.15) is 0 Å². The smallest absolute Gasteiger partial charge is 0.251 e. The number of nitrogens with two attached hydrogens (primary N) is 1. The molecule has 1 aliphatic rings. The van der Waals surface area contributed by atoms with Crippen LogP contribution in [-0.4, -0.2) is 33.5 Å². The summed E-state index contributed by atoms with van der Waals surface area (Å²) < 4.78 is 22.2. The Labute approximate surface area is 124 Å². The van der Waals surface area contributed by atoms with Crippen LogP contribution < -0.4 is 15.8 Å².